The number of sulfone groups is 2. The van der Waals surface area contributed by atoms with E-state index in [1.165, 1.54) is 62.8 Å². The zero-order chi connectivity index (χ0) is 62.4. The van der Waals surface area contributed by atoms with Gasteiger partial charge in [-0.25, -0.2) is 26.4 Å². The molecule has 0 aromatic heterocycles. The van der Waals surface area contributed by atoms with Gasteiger partial charge in [-0.05, 0) is 118 Å². The van der Waals surface area contributed by atoms with Gasteiger partial charge in [-0.2, -0.15) is 0 Å². The van der Waals surface area contributed by atoms with Crippen LogP contribution in [0, 0.1) is 0 Å². The molecular weight excluding hydrogens is 1160 g/mol. The van der Waals surface area contributed by atoms with Gasteiger partial charge < -0.3 is 47.1 Å². The molecule has 468 valence electrons. The molecule has 2 saturated heterocycles. The number of nitrogens with zero attached hydrogens (tertiary/aromatic N) is 2. The van der Waals surface area contributed by atoms with Crippen LogP contribution in [0.4, 0.5) is 21.0 Å². The first-order valence-corrected chi connectivity index (χ1v) is 38.1. The quantitative estimate of drug-likeness (QED) is 0.0397. The van der Waals surface area contributed by atoms with Gasteiger partial charge >= 0.3 is 12.2 Å². The summed E-state index contributed by atoms with van der Waals surface area (Å²) in [6.45, 7) is 22.8. The molecule has 2 atom stereocenters. The molecule has 6 rings (SSSR count). The molecule has 0 unspecified atom stereocenters. The molecule has 0 bridgehead atoms. The van der Waals surface area contributed by atoms with Crippen molar-refractivity contribution in [1.29, 1.82) is 0 Å². The van der Waals surface area contributed by atoms with Crippen LogP contribution in [-0.2, 0) is 38.0 Å². The highest BCUT2D eigenvalue weighted by Gasteiger charge is 2.41. The highest BCUT2D eigenvalue weighted by Crippen LogP contribution is 2.41. The van der Waals surface area contributed by atoms with Gasteiger partial charge in [-0.1, -0.05) is 77.9 Å². The molecule has 0 spiro atoms. The van der Waals surface area contributed by atoms with Crippen molar-refractivity contribution in [1.82, 2.24) is 9.80 Å². The average Bonchev–Trinajstić information content (AvgIpc) is 3.27. The van der Waals surface area contributed by atoms with Gasteiger partial charge in [0.1, 0.15) is 13.2 Å². The van der Waals surface area contributed by atoms with E-state index in [1.807, 2.05) is 0 Å². The Balaban J connectivity index is 1.14. The second-order valence-electron chi connectivity index (χ2n) is 24.4. The van der Waals surface area contributed by atoms with E-state index in [4.69, 9.17) is 37.3 Å². The second-order valence-corrected chi connectivity index (χ2v) is 38.2. The summed E-state index contributed by atoms with van der Waals surface area (Å²) in [7, 11) is -8.91. The minimum Gasteiger partial charge on any atom is -0.493 e. The number of benzene rings is 4. The Morgan fingerprint density at radius 1 is 0.529 bits per heavy atom. The molecule has 2 N–H and O–H groups in total. The number of ether oxygens (including phenoxy) is 6. The number of carbonyl (C=O) groups excluding carboxylic acids is 4. The van der Waals surface area contributed by atoms with Crippen LogP contribution in [0.2, 0.25) is 36.3 Å². The summed E-state index contributed by atoms with van der Waals surface area (Å²) in [5.41, 5.74) is 0.408. The van der Waals surface area contributed by atoms with Crippen molar-refractivity contribution in [2.45, 2.75) is 145 Å². The summed E-state index contributed by atoms with van der Waals surface area (Å²) in [5.74, 6) is -0.685. The summed E-state index contributed by atoms with van der Waals surface area (Å²) < 4.78 is 99.7. The molecule has 4 aromatic rings. The lowest BCUT2D eigenvalue weighted by molar-refractivity contribution is 0.0678. The van der Waals surface area contributed by atoms with Gasteiger partial charge in [0.05, 0.1) is 96.5 Å². The zero-order valence-corrected chi connectivity index (χ0v) is 55.1. The van der Waals surface area contributed by atoms with Crippen LogP contribution >= 0.6 is 0 Å². The monoisotopic (exact) mass is 1250 g/mol. The third-order valence-corrected chi connectivity index (χ3v) is 28.8. The van der Waals surface area contributed by atoms with E-state index < -0.39 is 73.2 Å². The Hall–Kier alpha value is -6.19. The third kappa shape index (κ3) is 18.4. The standard InChI is InChI=1S/C61H88N4O16S2Si2/c1-60(2,3)84(9,10)80-42-44-24-22-30-64(44)56(66)48-38-52(74-7)54(40-50(48)62-58(68)78-34-36-82(70,71)46-26-16-13-17-27-46)76-32-20-15-21-33-77-55-41-51(63-59(69)79-35-37-83(72,73)47-28-18-14-19-29-47)49(39-53(55)75-8)57(67)65-31-23-25-45(65)43-81-85(11,12)61(4,5)6/h13-14,16-19,26-29,38-41,44-45H,15,20-25,30-37,42-43H2,1-12H3,(H,62,68)(H,63,69)/t44-,45-/m0/s1. The second kappa shape index (κ2) is 29.5. The van der Waals surface area contributed by atoms with E-state index in [9.17, 15) is 36.0 Å². The maximum atomic E-state index is 14.6. The normalized spacial score (nSPS) is 16.0. The predicted octanol–water partition coefficient (Wildman–Crippen LogP) is 11.6. The van der Waals surface area contributed by atoms with Crippen LogP contribution in [0.3, 0.4) is 0 Å². The summed E-state index contributed by atoms with van der Waals surface area (Å²) in [5, 5.41) is 5.27. The molecule has 4 amide bonds. The molecule has 85 heavy (non-hydrogen) atoms. The van der Waals surface area contributed by atoms with Crippen LogP contribution < -0.4 is 29.6 Å². The SMILES string of the molecule is COc1cc(C(=O)N2CCC[C@H]2CO[Si](C)(C)C(C)(C)C)c(NC(=O)OCCS(=O)(=O)c2ccccc2)cc1OCCCCCOc1cc(NC(=O)OCCS(=O)(=O)c2ccccc2)c(C(=O)N2CCC[C@H]2CO[Si](C)(C)C(C)(C)C)cc1OC. The molecule has 2 aliphatic rings. The predicted molar refractivity (Wildman–Crippen MR) is 332 cm³/mol. The number of anilines is 2. The number of unbranched alkanes of at least 4 members (excludes halogenated alkanes) is 2. The lowest BCUT2D eigenvalue weighted by Gasteiger charge is -2.38. The van der Waals surface area contributed by atoms with E-state index in [-0.39, 0.29) is 102 Å². The fourth-order valence-electron chi connectivity index (χ4n) is 9.15. The summed E-state index contributed by atoms with van der Waals surface area (Å²) >= 11 is 0. The lowest BCUT2D eigenvalue weighted by Crippen LogP contribution is -2.46. The highest BCUT2D eigenvalue weighted by molar-refractivity contribution is 7.91. The van der Waals surface area contributed by atoms with Gasteiger partial charge in [-0.15, -0.1) is 0 Å². The van der Waals surface area contributed by atoms with Gasteiger partial charge in [0.25, 0.3) is 11.8 Å². The number of hydrogen-bond donors (Lipinski definition) is 2. The summed E-state index contributed by atoms with van der Waals surface area (Å²) in [6, 6.07) is 21.3. The molecule has 0 saturated carbocycles. The molecule has 0 radical (unpaired) electrons. The van der Waals surface area contributed by atoms with Gasteiger partial charge in [0, 0.05) is 25.2 Å². The Kier molecular flexibility index (Phi) is 23.6. The molecule has 2 heterocycles. The first kappa shape index (κ1) is 67.9. The molecule has 4 aromatic carbocycles. The fourth-order valence-corrected chi connectivity index (χ4v) is 13.5. The molecule has 24 heteroatoms. The maximum absolute atomic E-state index is 14.6. The van der Waals surface area contributed by atoms with Crippen LogP contribution in [0.15, 0.2) is 94.7 Å². The van der Waals surface area contributed by atoms with E-state index in [0.29, 0.717) is 45.6 Å². The Morgan fingerprint density at radius 3 is 1.24 bits per heavy atom. The van der Waals surface area contributed by atoms with Crippen molar-refractivity contribution in [2.24, 2.45) is 0 Å². The summed E-state index contributed by atoms with van der Waals surface area (Å²) in [6.07, 6.45) is 2.71. The Morgan fingerprint density at radius 2 is 0.894 bits per heavy atom. The topological polar surface area (TPSA) is 241 Å². The smallest absolute Gasteiger partial charge is 0.411 e. The van der Waals surface area contributed by atoms with Crippen LogP contribution in [-0.4, -0.2) is 158 Å². The number of hydrogen-bond acceptors (Lipinski definition) is 16. The number of amides is 4. The fraction of sp³-hybridized carbons (Fsp3) is 0.541. The van der Waals surface area contributed by atoms with Crippen LogP contribution in [0.25, 0.3) is 0 Å². The molecule has 2 fully saturated rings. The first-order valence-electron chi connectivity index (χ1n) is 29.0. The molecule has 20 nitrogen and oxygen atoms in total. The maximum Gasteiger partial charge on any atom is 0.411 e. The molecule has 0 aliphatic carbocycles. The van der Waals surface area contributed by atoms with Crippen molar-refractivity contribution in [3.8, 4) is 23.0 Å². The van der Waals surface area contributed by atoms with Crippen LogP contribution in [0.1, 0.15) is 107 Å². The zero-order valence-electron chi connectivity index (χ0n) is 51.5. The van der Waals surface area contributed by atoms with E-state index >= 15 is 0 Å². The average molecular weight is 1250 g/mol. The largest absolute Gasteiger partial charge is 0.493 e. The first-order chi connectivity index (χ1) is 40.0. The lowest BCUT2D eigenvalue weighted by atomic mass is 10.1. The van der Waals surface area contributed by atoms with Crippen molar-refractivity contribution >= 4 is 71.7 Å². The van der Waals surface area contributed by atoms with Crippen molar-refractivity contribution < 1.29 is 73.3 Å². The van der Waals surface area contributed by atoms with E-state index in [0.717, 1.165) is 25.7 Å². The number of nitrogens with one attached hydrogen (secondary N) is 2. The van der Waals surface area contributed by atoms with E-state index in [2.05, 4.69) is 78.4 Å². The number of rotatable bonds is 28. The minimum absolute atomic E-state index is 0.0365. The van der Waals surface area contributed by atoms with Crippen molar-refractivity contribution in [2.75, 3.05) is 89.1 Å². The van der Waals surface area contributed by atoms with Gasteiger partial charge in [0.15, 0.2) is 59.3 Å². The Labute approximate surface area is 505 Å². The van der Waals surface area contributed by atoms with E-state index in [1.54, 1.807) is 46.2 Å². The number of carbonyl (C=O) groups is 4. The number of methoxy groups -OCH3 is 2. The van der Waals surface area contributed by atoms with Crippen LogP contribution in [0.5, 0.6) is 23.0 Å². The van der Waals surface area contributed by atoms with Crippen molar-refractivity contribution in [3.05, 3.63) is 96.1 Å². The highest BCUT2D eigenvalue weighted by atomic mass is 32.2. The third-order valence-electron chi connectivity index (χ3n) is 16.4. The molecular formula is C61H88N4O16S2Si2. The van der Waals surface area contributed by atoms with Gasteiger partial charge in [0.2, 0.25) is 0 Å². The van der Waals surface area contributed by atoms with Gasteiger partial charge in [-0.3, -0.25) is 20.2 Å². The summed E-state index contributed by atoms with van der Waals surface area (Å²) in [4.78, 5) is 59.6. The minimum atomic E-state index is -3.75. The van der Waals surface area contributed by atoms with Crippen molar-refractivity contribution in [3.63, 3.8) is 0 Å². The molecule has 2 aliphatic heterocycles. The Bertz CT molecular complexity index is 2950. The number of likely N-dealkylation sites (tertiary alicyclic amines) is 2.